The van der Waals surface area contributed by atoms with E-state index >= 15 is 0 Å². The van der Waals surface area contributed by atoms with Crippen LogP contribution in [0.3, 0.4) is 0 Å². The number of fused-ring (bicyclic) bond motifs is 2. The number of piperidine rings is 2. The molecule has 0 unspecified atom stereocenters. The molecule has 2 fully saturated rings. The predicted octanol–water partition coefficient (Wildman–Crippen LogP) is 1.86. The zero-order valence-corrected chi connectivity index (χ0v) is 18.7. The van der Waals surface area contributed by atoms with E-state index in [2.05, 4.69) is 19.9 Å². The summed E-state index contributed by atoms with van der Waals surface area (Å²) in [6.07, 6.45) is 6.23. The lowest BCUT2D eigenvalue weighted by Crippen LogP contribution is -2.50. The molecule has 176 valence electrons. The molecular weight excluding hydrogens is 436 g/mol. The fourth-order valence-electron chi connectivity index (χ4n) is 5.47. The Labute approximate surface area is 194 Å². The van der Waals surface area contributed by atoms with Crippen molar-refractivity contribution in [3.63, 3.8) is 0 Å². The van der Waals surface area contributed by atoms with E-state index < -0.39 is 0 Å². The first-order valence-corrected chi connectivity index (χ1v) is 11.7. The summed E-state index contributed by atoms with van der Waals surface area (Å²) in [4.78, 5) is 56.0. The zero-order chi connectivity index (χ0) is 23.2. The molecule has 2 N–H and O–H groups in total. The smallest absolute Gasteiger partial charge is 0.324 e. The first kappa shape index (κ1) is 20.7. The summed E-state index contributed by atoms with van der Waals surface area (Å²) in [5.41, 5.74) is 2.51. The highest BCUT2D eigenvalue weighted by atomic mass is 16.2. The monoisotopic (exact) mass is 462 g/mol. The van der Waals surface area contributed by atoms with Gasteiger partial charge in [0.1, 0.15) is 0 Å². The van der Waals surface area contributed by atoms with Gasteiger partial charge in [0.05, 0.1) is 11.0 Å². The number of nitrogens with one attached hydrogen (secondary N) is 2. The van der Waals surface area contributed by atoms with Crippen LogP contribution in [0.2, 0.25) is 0 Å². The van der Waals surface area contributed by atoms with Crippen LogP contribution in [0.15, 0.2) is 46.2 Å². The summed E-state index contributed by atoms with van der Waals surface area (Å²) >= 11 is 0. The highest BCUT2D eigenvalue weighted by Crippen LogP contribution is 2.28. The number of pyridine rings is 2. The molecule has 6 heterocycles. The SMILES string of the molecule is O=C(N1CCC(n2c(=O)[nH]c3ncccc32)CC1)N1CCC(n2c(=O)[nH]c3ncccc32)CC1. The van der Waals surface area contributed by atoms with Gasteiger partial charge in [-0.15, -0.1) is 0 Å². The van der Waals surface area contributed by atoms with Crippen LogP contribution in [0.5, 0.6) is 0 Å². The van der Waals surface area contributed by atoms with E-state index in [0.29, 0.717) is 37.5 Å². The first-order valence-electron chi connectivity index (χ1n) is 11.7. The van der Waals surface area contributed by atoms with Gasteiger partial charge in [-0.05, 0) is 49.9 Å². The van der Waals surface area contributed by atoms with Crippen molar-refractivity contribution >= 4 is 28.4 Å². The minimum Gasteiger partial charge on any atom is -0.324 e. The van der Waals surface area contributed by atoms with Gasteiger partial charge in [0, 0.05) is 50.7 Å². The van der Waals surface area contributed by atoms with Crippen LogP contribution in [0, 0.1) is 0 Å². The van der Waals surface area contributed by atoms with Crippen LogP contribution in [-0.4, -0.2) is 71.1 Å². The minimum absolute atomic E-state index is 0.0396. The number of rotatable bonds is 2. The maximum Gasteiger partial charge on any atom is 0.327 e. The summed E-state index contributed by atoms with van der Waals surface area (Å²) < 4.78 is 3.56. The van der Waals surface area contributed by atoms with E-state index in [9.17, 15) is 14.4 Å². The van der Waals surface area contributed by atoms with Crippen molar-refractivity contribution in [2.45, 2.75) is 37.8 Å². The Balaban J connectivity index is 1.10. The second-order valence-electron chi connectivity index (χ2n) is 9.06. The fraction of sp³-hybridized carbons (Fsp3) is 0.435. The molecule has 0 bridgehead atoms. The van der Waals surface area contributed by atoms with Crippen LogP contribution >= 0.6 is 0 Å². The van der Waals surface area contributed by atoms with Gasteiger partial charge in [-0.2, -0.15) is 0 Å². The molecule has 4 aromatic heterocycles. The van der Waals surface area contributed by atoms with E-state index in [1.165, 1.54) is 0 Å². The van der Waals surface area contributed by atoms with Crippen molar-refractivity contribution < 1.29 is 4.79 Å². The number of aromatic amines is 2. The summed E-state index contributed by atoms with van der Waals surface area (Å²) in [5, 5.41) is 0. The highest BCUT2D eigenvalue weighted by Gasteiger charge is 2.31. The second-order valence-corrected chi connectivity index (χ2v) is 9.06. The molecule has 0 atom stereocenters. The Morgan fingerprint density at radius 2 is 1.15 bits per heavy atom. The average molecular weight is 463 g/mol. The maximum absolute atomic E-state index is 13.2. The number of H-pyrrole nitrogens is 2. The number of nitrogens with zero attached hydrogens (tertiary/aromatic N) is 6. The molecule has 2 aliphatic rings. The molecule has 0 aromatic carbocycles. The largest absolute Gasteiger partial charge is 0.327 e. The predicted molar refractivity (Wildman–Crippen MR) is 126 cm³/mol. The quantitative estimate of drug-likeness (QED) is 0.470. The third-order valence-electron chi connectivity index (χ3n) is 7.18. The van der Waals surface area contributed by atoms with Crippen molar-refractivity contribution in [1.29, 1.82) is 0 Å². The topological polar surface area (TPSA) is 125 Å². The number of carbonyl (C=O) groups excluding carboxylic acids is 1. The van der Waals surface area contributed by atoms with Crippen LogP contribution < -0.4 is 11.4 Å². The van der Waals surface area contributed by atoms with Gasteiger partial charge in [-0.3, -0.25) is 19.1 Å². The lowest BCUT2D eigenvalue weighted by atomic mass is 10.0. The number of aromatic nitrogens is 6. The molecule has 2 saturated heterocycles. The van der Waals surface area contributed by atoms with Gasteiger partial charge in [0.15, 0.2) is 11.3 Å². The molecule has 0 saturated carbocycles. The number of likely N-dealkylation sites (tertiary alicyclic amines) is 2. The van der Waals surface area contributed by atoms with Crippen LogP contribution in [0.4, 0.5) is 4.79 Å². The molecule has 4 aromatic rings. The molecule has 2 amide bonds. The molecule has 2 aliphatic heterocycles. The summed E-state index contributed by atoms with van der Waals surface area (Å²) in [5.74, 6) is 0. The fourth-order valence-corrected chi connectivity index (χ4v) is 5.47. The Bertz CT molecular complexity index is 1350. The van der Waals surface area contributed by atoms with Gasteiger partial charge >= 0.3 is 17.4 Å². The number of urea groups is 1. The van der Waals surface area contributed by atoms with Crippen LogP contribution in [-0.2, 0) is 0 Å². The lowest BCUT2D eigenvalue weighted by molar-refractivity contribution is 0.118. The number of amides is 2. The zero-order valence-electron chi connectivity index (χ0n) is 18.7. The van der Waals surface area contributed by atoms with Crippen LogP contribution in [0.25, 0.3) is 22.3 Å². The highest BCUT2D eigenvalue weighted by molar-refractivity contribution is 5.75. The molecule has 6 rings (SSSR count). The normalized spacial score (nSPS) is 18.2. The Morgan fingerprint density at radius 1 is 0.735 bits per heavy atom. The van der Waals surface area contributed by atoms with Crippen molar-refractivity contribution in [3.05, 3.63) is 57.6 Å². The molecule has 11 nitrogen and oxygen atoms in total. The molecular formula is C23H26N8O3. The van der Waals surface area contributed by atoms with Gasteiger partial charge in [0.25, 0.3) is 0 Å². The number of carbonyl (C=O) groups is 1. The standard InChI is InChI=1S/C23H26N8O3/c32-21-26-19-17(3-1-9-24-19)30(21)15-5-11-28(12-6-15)23(34)29-13-7-16(8-14-29)31-18-4-2-10-25-20(18)27-22(31)33/h1-4,9-10,15-16H,5-8,11-14H2,(H,24,26,32)(H,25,27,33). The summed E-state index contributed by atoms with van der Waals surface area (Å²) in [6, 6.07) is 7.58. The van der Waals surface area contributed by atoms with Gasteiger partial charge < -0.3 is 9.80 Å². The third kappa shape index (κ3) is 3.39. The van der Waals surface area contributed by atoms with E-state index in [1.54, 1.807) is 21.5 Å². The van der Waals surface area contributed by atoms with E-state index in [1.807, 2.05) is 34.1 Å². The third-order valence-corrected chi connectivity index (χ3v) is 7.18. The Hall–Kier alpha value is -3.89. The van der Waals surface area contributed by atoms with Crippen molar-refractivity contribution in [2.24, 2.45) is 0 Å². The molecule has 0 aliphatic carbocycles. The summed E-state index contributed by atoms with van der Waals surface area (Å²) in [7, 11) is 0. The maximum atomic E-state index is 13.2. The number of hydrogen-bond donors (Lipinski definition) is 2. The summed E-state index contributed by atoms with van der Waals surface area (Å²) in [6.45, 7) is 2.43. The molecule has 11 heteroatoms. The molecule has 0 spiro atoms. The lowest BCUT2D eigenvalue weighted by Gasteiger charge is -2.39. The number of hydrogen-bond acceptors (Lipinski definition) is 5. The molecule has 0 radical (unpaired) electrons. The van der Waals surface area contributed by atoms with E-state index in [4.69, 9.17) is 0 Å². The molecule has 34 heavy (non-hydrogen) atoms. The van der Waals surface area contributed by atoms with Gasteiger partial charge in [0.2, 0.25) is 0 Å². The first-order chi connectivity index (χ1) is 16.6. The van der Waals surface area contributed by atoms with Crippen molar-refractivity contribution in [2.75, 3.05) is 26.2 Å². The second kappa shape index (κ2) is 8.15. The van der Waals surface area contributed by atoms with Crippen LogP contribution in [0.1, 0.15) is 37.8 Å². The Kier molecular flexibility index (Phi) is 4.96. The van der Waals surface area contributed by atoms with Gasteiger partial charge in [-0.25, -0.2) is 24.4 Å². The van der Waals surface area contributed by atoms with Gasteiger partial charge in [-0.1, -0.05) is 0 Å². The van der Waals surface area contributed by atoms with E-state index in [-0.39, 0.29) is 29.5 Å². The Morgan fingerprint density at radius 3 is 1.56 bits per heavy atom. The average Bonchev–Trinajstić information content (AvgIpc) is 3.39. The minimum atomic E-state index is -0.150. The number of imidazole rings is 2. The van der Waals surface area contributed by atoms with Crippen molar-refractivity contribution in [3.8, 4) is 0 Å². The van der Waals surface area contributed by atoms with Crippen molar-refractivity contribution in [1.82, 2.24) is 38.9 Å². The van der Waals surface area contributed by atoms with E-state index in [0.717, 1.165) is 36.7 Å².